The molecule has 142 valence electrons. The highest BCUT2D eigenvalue weighted by Gasteiger charge is 2.28. The molecule has 1 heterocycles. The molecule has 1 saturated heterocycles. The summed E-state index contributed by atoms with van der Waals surface area (Å²) in [5, 5.41) is 2.80. The summed E-state index contributed by atoms with van der Waals surface area (Å²) < 4.78 is 0. The molecule has 1 aliphatic heterocycles. The minimum Gasteiger partial charge on any atom is -0.334 e. The van der Waals surface area contributed by atoms with Crippen LogP contribution in [0.25, 0.3) is 0 Å². The van der Waals surface area contributed by atoms with Crippen LogP contribution in [0.15, 0.2) is 64.4 Å². The monoisotopic (exact) mass is 383 g/mol. The molecule has 2 aromatic rings. The Morgan fingerprint density at radius 1 is 1.04 bits per heavy atom. The topological polar surface area (TPSA) is 52.7 Å². The largest absolute Gasteiger partial charge is 0.334 e. The van der Waals surface area contributed by atoms with Gasteiger partial charge in [0.2, 0.25) is 0 Å². The van der Waals surface area contributed by atoms with Gasteiger partial charge in [-0.3, -0.25) is 9.59 Å². The molecule has 0 radical (unpaired) electrons. The van der Waals surface area contributed by atoms with Gasteiger partial charge in [-0.25, -0.2) is 0 Å². The first kappa shape index (κ1) is 19.5. The zero-order valence-electron chi connectivity index (χ0n) is 15.7. The summed E-state index contributed by atoms with van der Waals surface area (Å²) in [5.74, 6) is -1.07. The lowest BCUT2D eigenvalue weighted by Gasteiger charge is -2.34. The van der Waals surface area contributed by atoms with Gasteiger partial charge in [0.05, 0.1) is 5.69 Å². The van der Waals surface area contributed by atoms with Gasteiger partial charge in [0.25, 0.3) is 0 Å². The Labute approximate surface area is 164 Å². The molecule has 1 N–H and O–H groups in total. The maximum absolute atomic E-state index is 12.6. The van der Waals surface area contributed by atoms with Gasteiger partial charge in [0.1, 0.15) is 0 Å². The fourth-order valence-corrected chi connectivity index (χ4v) is 4.08. The number of likely N-dealkylation sites (N-methyl/N-ethyl adjacent to an activating group) is 1. The fourth-order valence-electron chi connectivity index (χ4n) is 3.16. The molecule has 0 unspecified atom stereocenters. The van der Waals surface area contributed by atoms with Crippen molar-refractivity contribution >= 4 is 29.3 Å². The number of anilines is 1. The van der Waals surface area contributed by atoms with Crippen molar-refractivity contribution in [2.45, 2.75) is 28.7 Å². The Kier molecular flexibility index (Phi) is 6.53. The molecule has 2 amide bonds. The van der Waals surface area contributed by atoms with Crippen LogP contribution in [-0.2, 0) is 9.59 Å². The molecule has 3 rings (SSSR count). The normalized spacial score (nSPS) is 15.3. The molecule has 6 heteroatoms. The quantitative estimate of drug-likeness (QED) is 0.823. The number of piperidine rings is 1. The van der Waals surface area contributed by atoms with Crippen LogP contribution in [0.4, 0.5) is 5.69 Å². The fraction of sp³-hybridized carbons (Fsp3) is 0.333. The summed E-state index contributed by atoms with van der Waals surface area (Å²) in [6, 6.07) is 17.6. The van der Waals surface area contributed by atoms with E-state index in [0.29, 0.717) is 5.69 Å². The first-order chi connectivity index (χ1) is 13.0. The molecule has 0 atom stereocenters. The maximum atomic E-state index is 12.6. The third-order valence-corrected chi connectivity index (χ3v) is 5.94. The van der Waals surface area contributed by atoms with E-state index in [0.717, 1.165) is 35.7 Å². The minimum atomic E-state index is -0.586. The maximum Gasteiger partial charge on any atom is 0.313 e. The Hall–Kier alpha value is -2.31. The molecule has 27 heavy (non-hydrogen) atoms. The SMILES string of the molecule is CN1CCC(N(C)C(=O)C(=O)Nc2ccccc2Sc2ccccc2)CC1. The number of hydrogen-bond donors (Lipinski definition) is 1. The van der Waals surface area contributed by atoms with Crippen LogP contribution in [0, 0.1) is 0 Å². The Bertz CT molecular complexity index is 789. The average Bonchev–Trinajstić information content (AvgIpc) is 2.69. The van der Waals surface area contributed by atoms with Crippen molar-refractivity contribution < 1.29 is 9.59 Å². The lowest BCUT2D eigenvalue weighted by Crippen LogP contribution is -2.47. The first-order valence-corrected chi connectivity index (χ1v) is 9.95. The number of hydrogen-bond acceptors (Lipinski definition) is 4. The van der Waals surface area contributed by atoms with Crippen molar-refractivity contribution in [3.8, 4) is 0 Å². The number of carbonyl (C=O) groups is 2. The molecule has 1 fully saturated rings. The number of rotatable bonds is 4. The molecular weight excluding hydrogens is 358 g/mol. The standard InChI is InChI=1S/C21H25N3O2S/c1-23-14-12-16(13-15-23)24(2)21(26)20(25)22-18-10-6-7-11-19(18)27-17-8-4-3-5-9-17/h3-11,16H,12-15H2,1-2H3,(H,22,25). The number of likely N-dealkylation sites (tertiary alicyclic amines) is 1. The second-order valence-corrected chi connectivity index (χ2v) is 7.93. The Morgan fingerprint density at radius 3 is 2.37 bits per heavy atom. The van der Waals surface area contributed by atoms with Crippen molar-refractivity contribution in [2.24, 2.45) is 0 Å². The van der Waals surface area contributed by atoms with Gasteiger partial charge >= 0.3 is 11.8 Å². The Morgan fingerprint density at radius 2 is 1.67 bits per heavy atom. The van der Waals surface area contributed by atoms with Gasteiger partial charge in [-0.05, 0) is 57.2 Å². The van der Waals surface area contributed by atoms with E-state index in [9.17, 15) is 9.59 Å². The number of carbonyl (C=O) groups excluding carboxylic acids is 2. The molecule has 0 bridgehead atoms. The van der Waals surface area contributed by atoms with Crippen molar-refractivity contribution in [3.63, 3.8) is 0 Å². The van der Waals surface area contributed by atoms with E-state index in [1.165, 1.54) is 0 Å². The van der Waals surface area contributed by atoms with E-state index in [1.807, 2.05) is 54.6 Å². The van der Waals surface area contributed by atoms with E-state index in [-0.39, 0.29) is 6.04 Å². The van der Waals surface area contributed by atoms with Crippen molar-refractivity contribution in [2.75, 3.05) is 32.5 Å². The van der Waals surface area contributed by atoms with Crippen molar-refractivity contribution in [1.82, 2.24) is 9.80 Å². The van der Waals surface area contributed by atoms with Crippen LogP contribution in [0.5, 0.6) is 0 Å². The molecule has 0 aliphatic carbocycles. The predicted octanol–water partition coefficient (Wildman–Crippen LogP) is 3.33. The van der Waals surface area contributed by atoms with Gasteiger partial charge in [0.15, 0.2) is 0 Å². The van der Waals surface area contributed by atoms with E-state index >= 15 is 0 Å². The molecule has 0 spiro atoms. The molecule has 0 aromatic heterocycles. The number of benzene rings is 2. The van der Waals surface area contributed by atoms with Crippen LogP contribution in [0.1, 0.15) is 12.8 Å². The minimum absolute atomic E-state index is 0.119. The highest BCUT2D eigenvalue weighted by atomic mass is 32.2. The van der Waals surface area contributed by atoms with E-state index in [1.54, 1.807) is 23.7 Å². The summed E-state index contributed by atoms with van der Waals surface area (Å²) >= 11 is 1.56. The lowest BCUT2D eigenvalue weighted by molar-refractivity contribution is -0.144. The summed E-state index contributed by atoms with van der Waals surface area (Å²) in [7, 11) is 3.80. The van der Waals surface area contributed by atoms with Gasteiger partial charge in [-0.2, -0.15) is 0 Å². The van der Waals surface area contributed by atoms with Crippen LogP contribution < -0.4 is 5.32 Å². The summed E-state index contributed by atoms with van der Waals surface area (Å²) in [4.78, 5) is 31.0. The molecule has 0 saturated carbocycles. The highest BCUT2D eigenvalue weighted by molar-refractivity contribution is 7.99. The van der Waals surface area contributed by atoms with Crippen molar-refractivity contribution in [3.05, 3.63) is 54.6 Å². The smallest absolute Gasteiger partial charge is 0.313 e. The van der Waals surface area contributed by atoms with Gasteiger partial charge in [0, 0.05) is 22.9 Å². The second-order valence-electron chi connectivity index (χ2n) is 6.82. The summed E-state index contributed by atoms with van der Waals surface area (Å²) in [6.45, 7) is 1.89. The zero-order chi connectivity index (χ0) is 19.2. The van der Waals surface area contributed by atoms with Crippen molar-refractivity contribution in [1.29, 1.82) is 0 Å². The molecule has 2 aromatic carbocycles. The van der Waals surface area contributed by atoms with E-state index in [4.69, 9.17) is 0 Å². The number of nitrogens with one attached hydrogen (secondary N) is 1. The third kappa shape index (κ3) is 5.11. The molecule has 5 nitrogen and oxygen atoms in total. The third-order valence-electron chi connectivity index (χ3n) is 4.86. The van der Waals surface area contributed by atoms with E-state index < -0.39 is 11.8 Å². The zero-order valence-corrected chi connectivity index (χ0v) is 16.5. The summed E-state index contributed by atoms with van der Waals surface area (Å²) in [5.41, 5.74) is 0.654. The lowest BCUT2D eigenvalue weighted by atomic mass is 10.0. The van der Waals surface area contributed by atoms with Gasteiger partial charge in [-0.15, -0.1) is 0 Å². The highest BCUT2D eigenvalue weighted by Crippen LogP contribution is 2.33. The number of amides is 2. The number of para-hydroxylation sites is 1. The molecular formula is C21H25N3O2S. The Balaban J connectivity index is 1.66. The predicted molar refractivity (Wildman–Crippen MR) is 109 cm³/mol. The average molecular weight is 384 g/mol. The van der Waals surface area contributed by atoms with Gasteiger partial charge < -0.3 is 15.1 Å². The first-order valence-electron chi connectivity index (χ1n) is 9.13. The summed E-state index contributed by atoms with van der Waals surface area (Å²) in [6.07, 6.45) is 1.79. The number of nitrogens with zero attached hydrogens (tertiary/aromatic N) is 2. The van der Waals surface area contributed by atoms with Crippen LogP contribution >= 0.6 is 11.8 Å². The second kappa shape index (κ2) is 9.06. The van der Waals surface area contributed by atoms with Crippen LogP contribution in [0.2, 0.25) is 0 Å². The van der Waals surface area contributed by atoms with Crippen LogP contribution in [-0.4, -0.2) is 54.8 Å². The van der Waals surface area contributed by atoms with Gasteiger partial charge in [-0.1, -0.05) is 42.1 Å². The molecule has 1 aliphatic rings. The van der Waals surface area contributed by atoms with Crippen LogP contribution in [0.3, 0.4) is 0 Å². The van der Waals surface area contributed by atoms with E-state index in [2.05, 4.69) is 17.3 Å².